The summed E-state index contributed by atoms with van der Waals surface area (Å²) in [6.07, 6.45) is 4.17. The largest absolute Gasteiger partial charge is 0.308 e. The smallest absolute Gasteiger partial charge is 0.0449 e. The predicted molar refractivity (Wildman–Crippen MR) is 88.5 cm³/mol. The fourth-order valence-corrected chi connectivity index (χ4v) is 3.64. The number of likely N-dealkylation sites (tertiary alicyclic amines) is 1. The maximum Gasteiger partial charge on any atom is 0.0449 e. The number of rotatable bonds is 4. The molecule has 1 atom stereocenters. The lowest BCUT2D eigenvalue weighted by Gasteiger charge is -2.36. The van der Waals surface area contributed by atoms with E-state index in [1.54, 1.807) is 0 Å². The quantitative estimate of drug-likeness (QED) is 0.917. The first-order valence-corrected chi connectivity index (χ1v) is 8.50. The molecular formula is C18H29N3. The van der Waals surface area contributed by atoms with E-state index in [0.29, 0.717) is 6.04 Å². The number of hydrogen-bond donors (Lipinski definition) is 1. The molecule has 2 aliphatic rings. The molecule has 1 unspecified atom stereocenters. The van der Waals surface area contributed by atoms with E-state index in [0.717, 1.165) is 19.0 Å². The zero-order chi connectivity index (χ0) is 14.5. The highest BCUT2D eigenvalue weighted by atomic mass is 15.2. The summed E-state index contributed by atoms with van der Waals surface area (Å²) in [4.78, 5) is 5.12. The topological polar surface area (TPSA) is 18.5 Å². The Hall–Kier alpha value is -0.900. The van der Waals surface area contributed by atoms with Crippen molar-refractivity contribution in [3.63, 3.8) is 0 Å². The van der Waals surface area contributed by atoms with Crippen LogP contribution < -0.4 is 5.32 Å². The number of benzene rings is 1. The average molecular weight is 287 g/mol. The van der Waals surface area contributed by atoms with Crippen molar-refractivity contribution in [1.29, 1.82) is 0 Å². The van der Waals surface area contributed by atoms with Crippen molar-refractivity contribution < 1.29 is 0 Å². The van der Waals surface area contributed by atoms with Gasteiger partial charge in [-0.3, -0.25) is 0 Å². The maximum atomic E-state index is 3.66. The first kappa shape index (κ1) is 15.0. The van der Waals surface area contributed by atoms with E-state index >= 15 is 0 Å². The minimum atomic E-state index is 0.512. The summed E-state index contributed by atoms with van der Waals surface area (Å²) in [5.74, 6) is 0.950. The molecule has 2 fully saturated rings. The van der Waals surface area contributed by atoms with E-state index in [1.165, 1.54) is 51.0 Å². The van der Waals surface area contributed by atoms with Crippen LogP contribution in [0, 0.1) is 5.92 Å². The van der Waals surface area contributed by atoms with E-state index in [1.807, 2.05) is 0 Å². The van der Waals surface area contributed by atoms with Gasteiger partial charge in [0.25, 0.3) is 0 Å². The van der Waals surface area contributed by atoms with E-state index < -0.39 is 0 Å². The molecule has 3 rings (SSSR count). The molecule has 0 spiro atoms. The minimum Gasteiger partial charge on any atom is -0.308 e. The standard InChI is InChI=1S/C18H29N3/c1-20-11-7-16(8-12-20)9-13-21-14-10-19-18(15-21)17-5-3-2-4-6-17/h2-6,16,18-19H,7-15H2,1H3. The van der Waals surface area contributed by atoms with E-state index in [9.17, 15) is 0 Å². The molecule has 1 aromatic carbocycles. The van der Waals surface area contributed by atoms with Crippen LogP contribution in [0.15, 0.2) is 30.3 Å². The fourth-order valence-electron chi connectivity index (χ4n) is 3.64. The van der Waals surface area contributed by atoms with Crippen molar-refractivity contribution >= 4 is 0 Å². The highest BCUT2D eigenvalue weighted by Crippen LogP contribution is 2.22. The third-order valence-electron chi connectivity index (χ3n) is 5.15. The Morgan fingerprint density at radius 1 is 1.10 bits per heavy atom. The van der Waals surface area contributed by atoms with Gasteiger partial charge in [-0.2, -0.15) is 0 Å². The predicted octanol–water partition coefficient (Wildman–Crippen LogP) is 2.36. The molecule has 1 aromatic rings. The summed E-state index contributed by atoms with van der Waals surface area (Å²) >= 11 is 0. The molecule has 2 aliphatic heterocycles. The molecule has 0 amide bonds. The zero-order valence-corrected chi connectivity index (χ0v) is 13.3. The lowest BCUT2D eigenvalue weighted by atomic mass is 9.93. The van der Waals surface area contributed by atoms with Crippen LogP contribution >= 0.6 is 0 Å². The second-order valence-corrected chi connectivity index (χ2v) is 6.75. The highest BCUT2D eigenvalue weighted by Gasteiger charge is 2.22. The molecule has 0 bridgehead atoms. The Labute approximate surface area is 129 Å². The van der Waals surface area contributed by atoms with Gasteiger partial charge in [-0.05, 0) is 57.4 Å². The third-order valence-corrected chi connectivity index (χ3v) is 5.15. The van der Waals surface area contributed by atoms with Crippen LogP contribution in [0.4, 0.5) is 0 Å². The molecule has 3 heteroatoms. The molecule has 3 nitrogen and oxygen atoms in total. The summed E-state index contributed by atoms with van der Waals surface area (Å²) in [5, 5.41) is 3.66. The van der Waals surface area contributed by atoms with Crippen molar-refractivity contribution in [2.24, 2.45) is 5.92 Å². The number of piperazine rings is 1. The lowest BCUT2D eigenvalue weighted by molar-refractivity contribution is 0.162. The lowest BCUT2D eigenvalue weighted by Crippen LogP contribution is -2.46. The summed E-state index contributed by atoms with van der Waals surface area (Å²) < 4.78 is 0. The summed E-state index contributed by atoms with van der Waals surface area (Å²) in [7, 11) is 2.25. The van der Waals surface area contributed by atoms with Crippen LogP contribution in [0.25, 0.3) is 0 Å². The number of nitrogens with zero attached hydrogens (tertiary/aromatic N) is 2. The first-order chi connectivity index (χ1) is 10.3. The van der Waals surface area contributed by atoms with Gasteiger partial charge >= 0.3 is 0 Å². The number of nitrogens with one attached hydrogen (secondary N) is 1. The Bertz CT molecular complexity index is 412. The molecular weight excluding hydrogens is 258 g/mol. The normalized spacial score (nSPS) is 26.0. The minimum absolute atomic E-state index is 0.512. The van der Waals surface area contributed by atoms with Gasteiger partial charge in [0.05, 0.1) is 0 Å². The number of piperidine rings is 1. The van der Waals surface area contributed by atoms with Gasteiger partial charge in [0.15, 0.2) is 0 Å². The van der Waals surface area contributed by atoms with Crippen LogP contribution in [0.3, 0.4) is 0 Å². The van der Waals surface area contributed by atoms with Crippen LogP contribution in [-0.2, 0) is 0 Å². The summed E-state index contributed by atoms with van der Waals surface area (Å²) in [6, 6.07) is 11.4. The van der Waals surface area contributed by atoms with Crippen LogP contribution in [0.2, 0.25) is 0 Å². The van der Waals surface area contributed by atoms with Gasteiger partial charge in [0.2, 0.25) is 0 Å². The van der Waals surface area contributed by atoms with Crippen LogP contribution in [0.1, 0.15) is 30.9 Å². The monoisotopic (exact) mass is 287 g/mol. The molecule has 2 heterocycles. The second-order valence-electron chi connectivity index (χ2n) is 6.75. The summed E-state index contributed by atoms with van der Waals surface area (Å²) in [5.41, 5.74) is 1.43. The van der Waals surface area contributed by atoms with Crippen molar-refractivity contribution in [1.82, 2.24) is 15.1 Å². The third kappa shape index (κ3) is 4.29. The Morgan fingerprint density at radius 2 is 1.86 bits per heavy atom. The Balaban J connectivity index is 1.46. The second kappa shape index (κ2) is 7.39. The zero-order valence-electron chi connectivity index (χ0n) is 13.3. The van der Waals surface area contributed by atoms with Gasteiger partial charge in [0.1, 0.15) is 0 Å². The van der Waals surface area contributed by atoms with E-state index in [4.69, 9.17) is 0 Å². The highest BCUT2D eigenvalue weighted by molar-refractivity contribution is 5.19. The van der Waals surface area contributed by atoms with Gasteiger partial charge < -0.3 is 15.1 Å². The van der Waals surface area contributed by atoms with Crippen molar-refractivity contribution in [3.05, 3.63) is 35.9 Å². The first-order valence-electron chi connectivity index (χ1n) is 8.50. The SMILES string of the molecule is CN1CCC(CCN2CCNC(c3ccccc3)C2)CC1. The van der Waals surface area contributed by atoms with Crippen LogP contribution in [-0.4, -0.2) is 56.1 Å². The molecule has 0 aromatic heterocycles. The molecule has 21 heavy (non-hydrogen) atoms. The molecule has 2 saturated heterocycles. The average Bonchev–Trinajstić information content (AvgIpc) is 2.55. The molecule has 0 aliphatic carbocycles. The molecule has 0 radical (unpaired) electrons. The van der Waals surface area contributed by atoms with Gasteiger partial charge in [-0.1, -0.05) is 30.3 Å². The Kier molecular flexibility index (Phi) is 5.28. The van der Waals surface area contributed by atoms with Crippen molar-refractivity contribution in [2.45, 2.75) is 25.3 Å². The fraction of sp³-hybridized carbons (Fsp3) is 0.667. The van der Waals surface area contributed by atoms with Gasteiger partial charge in [0, 0.05) is 25.7 Å². The molecule has 0 saturated carbocycles. The van der Waals surface area contributed by atoms with Gasteiger partial charge in [-0.15, -0.1) is 0 Å². The molecule has 1 N–H and O–H groups in total. The summed E-state index contributed by atoms with van der Waals surface area (Å²) in [6.45, 7) is 7.34. The maximum absolute atomic E-state index is 3.66. The van der Waals surface area contributed by atoms with Crippen molar-refractivity contribution in [2.75, 3.05) is 46.3 Å². The van der Waals surface area contributed by atoms with E-state index in [2.05, 4.69) is 52.5 Å². The Morgan fingerprint density at radius 3 is 2.62 bits per heavy atom. The van der Waals surface area contributed by atoms with Crippen LogP contribution in [0.5, 0.6) is 0 Å². The van der Waals surface area contributed by atoms with E-state index in [-0.39, 0.29) is 0 Å². The molecule has 116 valence electrons. The van der Waals surface area contributed by atoms with Crippen molar-refractivity contribution in [3.8, 4) is 0 Å². The number of hydrogen-bond acceptors (Lipinski definition) is 3. The van der Waals surface area contributed by atoms with Gasteiger partial charge in [-0.25, -0.2) is 0 Å².